The Morgan fingerprint density at radius 2 is 2.00 bits per heavy atom. The fraction of sp³-hybridized carbons (Fsp3) is 0.786. The minimum Gasteiger partial charge on any atom is -0.337 e. The number of imidazole rings is 1. The van der Waals surface area contributed by atoms with Crippen molar-refractivity contribution < 1.29 is 0 Å². The first-order valence-corrected chi connectivity index (χ1v) is 7.12. The quantitative estimate of drug-likeness (QED) is 0.874. The van der Waals surface area contributed by atoms with E-state index in [4.69, 9.17) is 0 Å². The fourth-order valence-corrected chi connectivity index (χ4v) is 3.65. The molecule has 0 amide bonds. The van der Waals surface area contributed by atoms with E-state index >= 15 is 0 Å². The van der Waals surface area contributed by atoms with E-state index in [-0.39, 0.29) is 0 Å². The van der Waals surface area contributed by atoms with Gasteiger partial charge in [0.25, 0.3) is 0 Å². The highest BCUT2D eigenvalue weighted by Crippen LogP contribution is 2.36. The van der Waals surface area contributed by atoms with Gasteiger partial charge in [-0.1, -0.05) is 0 Å². The van der Waals surface area contributed by atoms with Crippen molar-refractivity contribution in [3.05, 3.63) is 18.2 Å². The van der Waals surface area contributed by atoms with Gasteiger partial charge >= 0.3 is 0 Å². The van der Waals surface area contributed by atoms with Crippen LogP contribution in [0, 0.1) is 5.92 Å². The minimum atomic E-state index is 0.854. The number of hydrogen-bond donors (Lipinski definition) is 1. The molecule has 3 heterocycles. The Morgan fingerprint density at radius 1 is 1.28 bits per heavy atom. The fourth-order valence-electron chi connectivity index (χ4n) is 3.65. The van der Waals surface area contributed by atoms with Crippen LogP contribution in [0.3, 0.4) is 0 Å². The number of nitrogens with zero attached hydrogens (tertiary/aromatic N) is 3. The van der Waals surface area contributed by atoms with E-state index in [1.54, 1.807) is 0 Å². The van der Waals surface area contributed by atoms with Crippen molar-refractivity contribution in [1.82, 2.24) is 19.8 Å². The van der Waals surface area contributed by atoms with E-state index in [0.717, 1.165) is 31.1 Å². The summed E-state index contributed by atoms with van der Waals surface area (Å²) in [4.78, 5) is 6.76. The summed E-state index contributed by atoms with van der Waals surface area (Å²) >= 11 is 0. The minimum absolute atomic E-state index is 0.854. The molecule has 2 bridgehead atoms. The van der Waals surface area contributed by atoms with Gasteiger partial charge in [0.1, 0.15) is 0 Å². The molecule has 1 aromatic heterocycles. The summed E-state index contributed by atoms with van der Waals surface area (Å²) < 4.78 is 2.09. The van der Waals surface area contributed by atoms with E-state index in [9.17, 15) is 0 Å². The molecule has 1 aromatic rings. The molecule has 0 radical (unpaired) electrons. The van der Waals surface area contributed by atoms with Gasteiger partial charge < -0.3 is 14.8 Å². The third-order valence-corrected chi connectivity index (χ3v) is 4.85. The first-order chi connectivity index (χ1) is 8.74. The normalized spacial score (nSPS) is 32.0. The van der Waals surface area contributed by atoms with Gasteiger partial charge in [-0.25, -0.2) is 4.98 Å². The van der Waals surface area contributed by atoms with E-state index in [1.165, 1.54) is 31.4 Å². The molecule has 18 heavy (non-hydrogen) atoms. The summed E-state index contributed by atoms with van der Waals surface area (Å²) in [5.74, 6) is 0.868. The third-order valence-electron chi connectivity index (χ3n) is 4.85. The lowest BCUT2D eigenvalue weighted by Gasteiger charge is -2.36. The molecule has 2 atom stereocenters. The number of aromatic nitrogens is 2. The van der Waals surface area contributed by atoms with Crippen LogP contribution in [-0.2, 0) is 13.6 Å². The second-order valence-electron chi connectivity index (χ2n) is 6.01. The molecule has 1 N–H and O–H groups in total. The lowest BCUT2D eigenvalue weighted by Crippen LogP contribution is -2.42. The smallest absolute Gasteiger partial charge is 0.0945 e. The maximum atomic E-state index is 4.15. The van der Waals surface area contributed by atoms with Crippen LogP contribution in [0.5, 0.6) is 0 Å². The summed E-state index contributed by atoms with van der Waals surface area (Å²) in [5, 5.41) is 3.60. The molecule has 2 aliphatic heterocycles. The van der Waals surface area contributed by atoms with Crippen LogP contribution < -0.4 is 5.32 Å². The zero-order valence-corrected chi connectivity index (χ0v) is 11.5. The van der Waals surface area contributed by atoms with Crippen LogP contribution in [0.2, 0.25) is 0 Å². The molecule has 2 aliphatic rings. The maximum absolute atomic E-state index is 4.15. The van der Waals surface area contributed by atoms with Gasteiger partial charge in [0.05, 0.1) is 12.0 Å². The Kier molecular flexibility index (Phi) is 3.39. The molecule has 2 saturated heterocycles. The lowest BCUT2D eigenvalue weighted by molar-refractivity contribution is 0.132. The van der Waals surface area contributed by atoms with Gasteiger partial charge in [0.2, 0.25) is 0 Å². The first-order valence-electron chi connectivity index (χ1n) is 7.12. The van der Waals surface area contributed by atoms with Crippen molar-refractivity contribution in [1.29, 1.82) is 0 Å². The monoisotopic (exact) mass is 248 g/mol. The average Bonchev–Trinajstić information content (AvgIpc) is 2.82. The van der Waals surface area contributed by atoms with E-state index in [2.05, 4.69) is 33.9 Å². The molecular formula is C14H24N4. The second-order valence-corrected chi connectivity index (χ2v) is 6.01. The van der Waals surface area contributed by atoms with Gasteiger partial charge in [-0.2, -0.15) is 0 Å². The molecule has 0 saturated carbocycles. The Hall–Kier alpha value is -0.870. The largest absolute Gasteiger partial charge is 0.337 e. The van der Waals surface area contributed by atoms with Gasteiger partial charge in [-0.3, -0.25) is 0 Å². The molecule has 0 spiro atoms. The van der Waals surface area contributed by atoms with Crippen molar-refractivity contribution in [3.8, 4) is 0 Å². The van der Waals surface area contributed by atoms with Crippen LogP contribution >= 0.6 is 0 Å². The molecule has 3 rings (SSSR count). The second kappa shape index (κ2) is 5.02. The summed E-state index contributed by atoms with van der Waals surface area (Å²) in [7, 11) is 4.36. The van der Waals surface area contributed by atoms with Gasteiger partial charge in [0, 0.05) is 31.9 Å². The number of piperidine rings is 1. The molecule has 4 heteroatoms. The van der Waals surface area contributed by atoms with E-state index < -0.39 is 0 Å². The maximum Gasteiger partial charge on any atom is 0.0945 e. The highest BCUT2D eigenvalue weighted by molar-refractivity contribution is 4.97. The Morgan fingerprint density at radius 3 is 2.61 bits per heavy atom. The molecule has 0 aromatic carbocycles. The Balaban J connectivity index is 1.46. The van der Waals surface area contributed by atoms with Gasteiger partial charge in [-0.05, 0) is 45.2 Å². The first kappa shape index (κ1) is 12.2. The highest BCUT2D eigenvalue weighted by atomic mass is 15.2. The highest BCUT2D eigenvalue weighted by Gasteiger charge is 2.37. The summed E-state index contributed by atoms with van der Waals surface area (Å²) in [6, 6.07) is 1.71. The number of nitrogens with one attached hydrogen (secondary N) is 1. The molecule has 0 aliphatic carbocycles. The van der Waals surface area contributed by atoms with Crippen molar-refractivity contribution >= 4 is 0 Å². The predicted octanol–water partition coefficient (Wildman–Crippen LogP) is 1.38. The molecule has 4 nitrogen and oxygen atoms in total. The molecule has 2 fully saturated rings. The SMILES string of the molecule is CN1C2CCC1CC(CNCc1cncn1C)C2. The number of fused-ring (bicyclic) bond motifs is 2. The van der Waals surface area contributed by atoms with Gasteiger partial charge in [0.15, 0.2) is 0 Å². The standard InChI is InChI=1S/C14H24N4/c1-17-10-16-9-14(17)8-15-7-11-5-12-3-4-13(6-11)18(12)2/h9-13,15H,3-8H2,1-2H3. The topological polar surface area (TPSA) is 33.1 Å². The summed E-state index contributed by atoms with van der Waals surface area (Å²) in [6.45, 7) is 2.10. The van der Waals surface area contributed by atoms with Gasteiger partial charge in [-0.15, -0.1) is 0 Å². The summed E-state index contributed by atoms with van der Waals surface area (Å²) in [6.07, 6.45) is 9.41. The number of aryl methyl sites for hydroxylation is 1. The lowest BCUT2D eigenvalue weighted by atomic mass is 9.91. The van der Waals surface area contributed by atoms with Crippen molar-refractivity contribution in [2.75, 3.05) is 13.6 Å². The third kappa shape index (κ3) is 2.31. The Bertz CT molecular complexity index is 386. The van der Waals surface area contributed by atoms with Crippen LogP contribution in [0.25, 0.3) is 0 Å². The van der Waals surface area contributed by atoms with E-state index in [0.29, 0.717) is 0 Å². The zero-order valence-electron chi connectivity index (χ0n) is 11.5. The van der Waals surface area contributed by atoms with Crippen LogP contribution in [-0.4, -0.2) is 40.1 Å². The molecule has 2 unspecified atom stereocenters. The number of hydrogen-bond acceptors (Lipinski definition) is 3. The van der Waals surface area contributed by atoms with Crippen LogP contribution in [0.1, 0.15) is 31.4 Å². The average molecular weight is 248 g/mol. The van der Waals surface area contributed by atoms with Crippen molar-refractivity contribution in [3.63, 3.8) is 0 Å². The summed E-state index contributed by atoms with van der Waals surface area (Å²) in [5.41, 5.74) is 1.27. The van der Waals surface area contributed by atoms with E-state index in [1.807, 2.05) is 12.5 Å². The zero-order chi connectivity index (χ0) is 12.5. The predicted molar refractivity (Wildman–Crippen MR) is 72.2 cm³/mol. The Labute approximate surface area is 109 Å². The van der Waals surface area contributed by atoms with Crippen molar-refractivity contribution in [2.45, 2.75) is 44.3 Å². The van der Waals surface area contributed by atoms with Crippen LogP contribution in [0.4, 0.5) is 0 Å². The molecule has 100 valence electrons. The van der Waals surface area contributed by atoms with Crippen LogP contribution in [0.15, 0.2) is 12.5 Å². The van der Waals surface area contributed by atoms with Crippen molar-refractivity contribution in [2.24, 2.45) is 13.0 Å². The molecular weight excluding hydrogens is 224 g/mol. The number of rotatable bonds is 4.